The van der Waals surface area contributed by atoms with E-state index in [0.29, 0.717) is 6.42 Å². The highest BCUT2D eigenvalue weighted by atomic mass is 19.1. The van der Waals surface area contributed by atoms with Crippen LogP contribution in [0.25, 0.3) is 0 Å². The van der Waals surface area contributed by atoms with Gasteiger partial charge in [0.2, 0.25) is 0 Å². The maximum Gasteiger partial charge on any atom is 0.261 e. The molecule has 2 atom stereocenters. The van der Waals surface area contributed by atoms with Crippen molar-refractivity contribution >= 4 is 5.91 Å². The summed E-state index contributed by atoms with van der Waals surface area (Å²) in [6.07, 6.45) is 0.00394. The van der Waals surface area contributed by atoms with Crippen LogP contribution in [0, 0.1) is 19.7 Å². The van der Waals surface area contributed by atoms with E-state index in [1.807, 2.05) is 45.9 Å². The predicted molar refractivity (Wildman–Crippen MR) is 93.6 cm³/mol. The molecule has 0 radical (unpaired) electrons. The molecule has 0 aliphatic heterocycles. The highest BCUT2D eigenvalue weighted by Gasteiger charge is 2.21. The Hall–Kier alpha value is -2.36. The molecule has 0 aliphatic rings. The number of benzene rings is 2. The zero-order valence-corrected chi connectivity index (χ0v) is 14.6. The quantitative estimate of drug-likeness (QED) is 0.849. The van der Waals surface area contributed by atoms with Crippen LogP contribution >= 0.6 is 0 Å². The summed E-state index contributed by atoms with van der Waals surface area (Å²) in [6, 6.07) is 11.8. The number of ether oxygens (including phenoxy) is 1. The molecule has 0 heterocycles. The molecule has 0 saturated carbocycles. The summed E-state index contributed by atoms with van der Waals surface area (Å²) in [4.78, 5) is 12.5. The molecule has 2 rings (SSSR count). The van der Waals surface area contributed by atoms with Crippen molar-refractivity contribution in [3.63, 3.8) is 0 Å². The number of amides is 1. The fourth-order valence-corrected chi connectivity index (χ4v) is 2.55. The molecule has 0 aliphatic carbocycles. The Morgan fingerprint density at radius 2 is 1.83 bits per heavy atom. The SMILES string of the molecule is CCC(Oc1ccc(C)cc1C)C(=O)NC(C)c1ccc(F)cc1. The number of rotatable bonds is 6. The van der Waals surface area contributed by atoms with E-state index in [0.717, 1.165) is 22.4 Å². The minimum atomic E-state index is -0.561. The van der Waals surface area contributed by atoms with Gasteiger partial charge in [0.05, 0.1) is 6.04 Å². The molecule has 1 N–H and O–H groups in total. The Bertz CT molecular complexity index is 697. The second-order valence-electron chi connectivity index (χ2n) is 6.07. The molecular weight excluding hydrogens is 305 g/mol. The van der Waals surface area contributed by atoms with E-state index >= 15 is 0 Å². The van der Waals surface area contributed by atoms with Crippen LogP contribution in [0.15, 0.2) is 42.5 Å². The van der Waals surface area contributed by atoms with Gasteiger partial charge in [0, 0.05) is 0 Å². The first-order valence-electron chi connectivity index (χ1n) is 8.20. The minimum absolute atomic E-state index is 0.172. The summed E-state index contributed by atoms with van der Waals surface area (Å²) in [6.45, 7) is 7.77. The van der Waals surface area contributed by atoms with Crippen LogP contribution in [0.2, 0.25) is 0 Å². The van der Waals surface area contributed by atoms with E-state index in [1.54, 1.807) is 12.1 Å². The minimum Gasteiger partial charge on any atom is -0.480 e. The first kappa shape index (κ1) is 18.0. The molecule has 0 fully saturated rings. The molecule has 4 heteroatoms. The van der Waals surface area contributed by atoms with E-state index in [4.69, 9.17) is 4.74 Å². The van der Waals surface area contributed by atoms with Gasteiger partial charge in [0.1, 0.15) is 11.6 Å². The summed E-state index contributed by atoms with van der Waals surface area (Å²) in [5, 5.41) is 2.93. The van der Waals surface area contributed by atoms with Gasteiger partial charge in [-0.3, -0.25) is 4.79 Å². The van der Waals surface area contributed by atoms with Gasteiger partial charge in [-0.2, -0.15) is 0 Å². The molecule has 3 nitrogen and oxygen atoms in total. The van der Waals surface area contributed by atoms with Crippen LogP contribution in [-0.2, 0) is 4.79 Å². The fourth-order valence-electron chi connectivity index (χ4n) is 2.55. The molecule has 2 aromatic carbocycles. The second kappa shape index (κ2) is 7.95. The number of halogens is 1. The summed E-state index contributed by atoms with van der Waals surface area (Å²) in [5.74, 6) is 0.258. The van der Waals surface area contributed by atoms with Gasteiger partial charge in [0.15, 0.2) is 6.10 Å². The van der Waals surface area contributed by atoms with Crippen molar-refractivity contribution in [3.8, 4) is 5.75 Å². The number of carbonyl (C=O) groups is 1. The Kier molecular flexibility index (Phi) is 5.96. The molecule has 128 valence electrons. The fraction of sp³-hybridized carbons (Fsp3) is 0.350. The van der Waals surface area contributed by atoms with E-state index in [-0.39, 0.29) is 17.8 Å². The average Bonchev–Trinajstić information content (AvgIpc) is 2.54. The average molecular weight is 329 g/mol. The highest BCUT2D eigenvalue weighted by Crippen LogP contribution is 2.21. The summed E-state index contributed by atoms with van der Waals surface area (Å²) < 4.78 is 18.9. The third-order valence-electron chi connectivity index (χ3n) is 3.99. The molecule has 2 aromatic rings. The smallest absolute Gasteiger partial charge is 0.261 e. The summed E-state index contributed by atoms with van der Waals surface area (Å²) >= 11 is 0. The zero-order valence-electron chi connectivity index (χ0n) is 14.6. The molecule has 0 aromatic heterocycles. The van der Waals surface area contributed by atoms with Crippen molar-refractivity contribution in [2.45, 2.75) is 46.3 Å². The molecule has 24 heavy (non-hydrogen) atoms. The van der Waals surface area contributed by atoms with Gasteiger partial charge in [-0.1, -0.05) is 36.8 Å². The van der Waals surface area contributed by atoms with Gasteiger partial charge >= 0.3 is 0 Å². The third-order valence-corrected chi connectivity index (χ3v) is 3.99. The van der Waals surface area contributed by atoms with Crippen LogP contribution in [0.5, 0.6) is 5.75 Å². The molecule has 0 spiro atoms. The number of aryl methyl sites for hydroxylation is 2. The van der Waals surface area contributed by atoms with E-state index < -0.39 is 6.10 Å². The van der Waals surface area contributed by atoms with Crippen LogP contribution in [0.4, 0.5) is 4.39 Å². The number of hydrogen-bond acceptors (Lipinski definition) is 2. The number of hydrogen-bond donors (Lipinski definition) is 1. The molecular formula is C20H24FNO2. The molecule has 0 bridgehead atoms. The van der Waals surface area contributed by atoms with Crippen molar-refractivity contribution < 1.29 is 13.9 Å². The number of nitrogens with one attached hydrogen (secondary N) is 1. The van der Waals surface area contributed by atoms with Gasteiger partial charge < -0.3 is 10.1 Å². The largest absolute Gasteiger partial charge is 0.480 e. The lowest BCUT2D eigenvalue weighted by molar-refractivity contribution is -0.128. The van der Waals surface area contributed by atoms with E-state index in [9.17, 15) is 9.18 Å². The van der Waals surface area contributed by atoms with Crippen molar-refractivity contribution in [2.24, 2.45) is 0 Å². The van der Waals surface area contributed by atoms with Crippen molar-refractivity contribution in [1.29, 1.82) is 0 Å². The lowest BCUT2D eigenvalue weighted by atomic mass is 10.1. The lowest BCUT2D eigenvalue weighted by Crippen LogP contribution is -2.39. The summed E-state index contributed by atoms with van der Waals surface area (Å²) in [5.41, 5.74) is 3.02. The van der Waals surface area contributed by atoms with Gasteiger partial charge in [-0.05, 0) is 56.5 Å². The van der Waals surface area contributed by atoms with Crippen molar-refractivity contribution in [2.75, 3.05) is 0 Å². The maximum atomic E-state index is 13.0. The van der Waals surface area contributed by atoms with Crippen LogP contribution in [-0.4, -0.2) is 12.0 Å². The van der Waals surface area contributed by atoms with Crippen LogP contribution in [0.1, 0.15) is 43.0 Å². The summed E-state index contributed by atoms with van der Waals surface area (Å²) in [7, 11) is 0. The van der Waals surface area contributed by atoms with Crippen LogP contribution in [0.3, 0.4) is 0 Å². The van der Waals surface area contributed by atoms with Crippen molar-refractivity contribution in [3.05, 3.63) is 65.0 Å². The standard InChI is InChI=1S/C20H24FNO2/c1-5-18(24-19-11-6-13(2)12-14(19)3)20(23)22-15(4)16-7-9-17(21)10-8-16/h6-12,15,18H,5H2,1-4H3,(H,22,23). The van der Waals surface area contributed by atoms with Gasteiger partial charge in [0.25, 0.3) is 5.91 Å². The normalized spacial score (nSPS) is 13.2. The highest BCUT2D eigenvalue weighted by molar-refractivity contribution is 5.81. The third kappa shape index (κ3) is 4.57. The number of carbonyl (C=O) groups excluding carboxylic acids is 1. The molecule has 1 amide bonds. The topological polar surface area (TPSA) is 38.3 Å². The maximum absolute atomic E-state index is 13.0. The first-order chi connectivity index (χ1) is 11.4. The Labute approximate surface area is 142 Å². The monoisotopic (exact) mass is 329 g/mol. The lowest BCUT2D eigenvalue weighted by Gasteiger charge is -2.21. The van der Waals surface area contributed by atoms with E-state index in [1.165, 1.54) is 12.1 Å². The Morgan fingerprint density at radius 3 is 2.42 bits per heavy atom. The molecule has 0 saturated heterocycles. The van der Waals surface area contributed by atoms with Crippen LogP contribution < -0.4 is 10.1 Å². The Balaban J connectivity index is 2.04. The second-order valence-corrected chi connectivity index (χ2v) is 6.07. The van der Waals surface area contributed by atoms with Crippen molar-refractivity contribution in [1.82, 2.24) is 5.32 Å². The van der Waals surface area contributed by atoms with Gasteiger partial charge in [-0.15, -0.1) is 0 Å². The predicted octanol–water partition coefficient (Wildman–Crippen LogP) is 4.48. The van der Waals surface area contributed by atoms with Gasteiger partial charge in [-0.25, -0.2) is 4.39 Å². The Morgan fingerprint density at radius 1 is 1.17 bits per heavy atom. The zero-order chi connectivity index (χ0) is 17.7. The first-order valence-corrected chi connectivity index (χ1v) is 8.20. The van der Waals surface area contributed by atoms with E-state index in [2.05, 4.69) is 5.32 Å². The molecule has 2 unspecified atom stereocenters.